The summed E-state index contributed by atoms with van der Waals surface area (Å²) < 4.78 is 0. The summed E-state index contributed by atoms with van der Waals surface area (Å²) >= 11 is 1.33. The van der Waals surface area contributed by atoms with Gasteiger partial charge in [-0.15, -0.1) is 10.2 Å². The molecule has 3 rings (SSSR count). The molecule has 8 heteroatoms. The van der Waals surface area contributed by atoms with Gasteiger partial charge >= 0.3 is 12.0 Å². The molecule has 1 aromatic rings. The number of hydrogen-bond acceptors (Lipinski definition) is 5. The van der Waals surface area contributed by atoms with E-state index in [4.69, 9.17) is 0 Å². The summed E-state index contributed by atoms with van der Waals surface area (Å²) in [5, 5.41) is 23.9. The molecule has 0 radical (unpaired) electrons. The van der Waals surface area contributed by atoms with Gasteiger partial charge in [-0.1, -0.05) is 18.3 Å². The summed E-state index contributed by atoms with van der Waals surface area (Å²) in [6.45, 7) is 1.97. The summed E-state index contributed by atoms with van der Waals surface area (Å²) in [6, 6.07) is -0.669. The lowest BCUT2D eigenvalue weighted by molar-refractivity contribution is -0.144. The summed E-state index contributed by atoms with van der Waals surface area (Å²) in [5.74, 6) is -0.791. The van der Waals surface area contributed by atoms with Crippen molar-refractivity contribution in [1.82, 2.24) is 15.5 Å². The fraction of sp³-hybridized carbons (Fsp3) is 0.692. The van der Waals surface area contributed by atoms with Crippen molar-refractivity contribution in [3.8, 4) is 0 Å². The van der Waals surface area contributed by atoms with Crippen LogP contribution in [0.1, 0.15) is 31.2 Å². The van der Waals surface area contributed by atoms with E-state index in [-0.39, 0.29) is 17.9 Å². The van der Waals surface area contributed by atoms with Crippen molar-refractivity contribution < 1.29 is 14.7 Å². The van der Waals surface area contributed by atoms with Crippen LogP contribution in [0.5, 0.6) is 0 Å². The van der Waals surface area contributed by atoms with Gasteiger partial charge in [0.05, 0.1) is 5.92 Å². The van der Waals surface area contributed by atoms with E-state index in [1.165, 1.54) is 11.3 Å². The first-order valence-corrected chi connectivity index (χ1v) is 8.02. The van der Waals surface area contributed by atoms with Gasteiger partial charge in [0.2, 0.25) is 5.13 Å². The second-order valence-corrected chi connectivity index (χ2v) is 6.74. The quantitative estimate of drug-likeness (QED) is 0.785. The number of amides is 2. The van der Waals surface area contributed by atoms with Crippen LogP contribution in [-0.2, 0) is 11.2 Å². The highest BCUT2D eigenvalue weighted by Crippen LogP contribution is 2.48. The van der Waals surface area contributed by atoms with Crippen LogP contribution in [0, 0.1) is 17.8 Å². The van der Waals surface area contributed by atoms with Crippen LogP contribution in [0.4, 0.5) is 9.93 Å². The monoisotopic (exact) mass is 310 g/mol. The van der Waals surface area contributed by atoms with Gasteiger partial charge in [-0.2, -0.15) is 0 Å². The fourth-order valence-electron chi connectivity index (χ4n) is 3.59. The van der Waals surface area contributed by atoms with Crippen LogP contribution in [-0.4, -0.2) is 33.3 Å². The number of aromatic nitrogens is 2. The number of hydrogen-bond donors (Lipinski definition) is 3. The Labute approximate surface area is 126 Å². The number of anilines is 1. The van der Waals surface area contributed by atoms with Crippen LogP contribution in [0.2, 0.25) is 0 Å². The molecule has 1 heterocycles. The molecule has 4 atom stereocenters. The molecule has 2 aliphatic rings. The average molecular weight is 310 g/mol. The first-order valence-electron chi connectivity index (χ1n) is 7.21. The second kappa shape index (κ2) is 5.59. The zero-order valence-corrected chi connectivity index (χ0v) is 12.5. The Kier molecular flexibility index (Phi) is 3.79. The molecular weight excluding hydrogens is 292 g/mol. The number of carboxylic acids is 1. The van der Waals surface area contributed by atoms with E-state index in [9.17, 15) is 14.7 Å². The van der Waals surface area contributed by atoms with Crippen LogP contribution in [0.3, 0.4) is 0 Å². The first kappa shape index (κ1) is 14.2. The average Bonchev–Trinajstić information content (AvgIpc) is 3.13. The summed E-state index contributed by atoms with van der Waals surface area (Å²) in [7, 11) is 0. The predicted octanol–water partition coefficient (Wildman–Crippen LogP) is 1.72. The molecule has 7 nitrogen and oxygen atoms in total. The van der Waals surface area contributed by atoms with Gasteiger partial charge in [-0.25, -0.2) is 4.79 Å². The van der Waals surface area contributed by atoms with Crippen molar-refractivity contribution >= 4 is 28.5 Å². The van der Waals surface area contributed by atoms with Gasteiger partial charge in [-0.05, 0) is 37.5 Å². The molecule has 2 saturated carbocycles. The Morgan fingerprint density at radius 2 is 2.10 bits per heavy atom. The standard InChI is InChI=1S/C13H18N4O3S/c1-2-8-16-17-13(21-8)15-12(20)14-10-7-4-3-6(5-7)9(10)11(18)19/h6-7,9-10H,2-5H2,1H3,(H,18,19)(H2,14,15,17,20). The molecule has 21 heavy (non-hydrogen) atoms. The highest BCUT2D eigenvalue weighted by molar-refractivity contribution is 7.15. The van der Waals surface area contributed by atoms with E-state index in [1.54, 1.807) is 0 Å². The summed E-state index contributed by atoms with van der Waals surface area (Å²) in [5.41, 5.74) is 0. The number of urea groups is 1. The van der Waals surface area contributed by atoms with Crippen molar-refractivity contribution in [2.24, 2.45) is 17.8 Å². The number of rotatable bonds is 4. The molecule has 4 unspecified atom stereocenters. The van der Waals surface area contributed by atoms with Crippen molar-refractivity contribution in [2.45, 2.75) is 38.6 Å². The van der Waals surface area contributed by atoms with Gasteiger partial charge in [0.15, 0.2) is 0 Å². The van der Waals surface area contributed by atoms with Gasteiger partial charge in [0.1, 0.15) is 5.01 Å². The Balaban J connectivity index is 1.62. The molecule has 2 amide bonds. The Hall–Kier alpha value is -1.70. The minimum atomic E-state index is -0.809. The highest BCUT2D eigenvalue weighted by Gasteiger charge is 2.51. The molecule has 0 saturated heterocycles. The SMILES string of the molecule is CCc1nnc(NC(=O)NC2C3CCC(C3)C2C(=O)O)s1. The zero-order valence-electron chi connectivity index (χ0n) is 11.7. The van der Waals surface area contributed by atoms with E-state index >= 15 is 0 Å². The normalized spacial score (nSPS) is 30.3. The number of nitrogens with zero attached hydrogens (tertiary/aromatic N) is 2. The zero-order chi connectivity index (χ0) is 15.0. The first-order chi connectivity index (χ1) is 10.1. The maximum Gasteiger partial charge on any atom is 0.321 e. The number of nitrogens with one attached hydrogen (secondary N) is 2. The maximum atomic E-state index is 12.0. The molecular formula is C13H18N4O3S. The number of aliphatic carboxylic acids is 1. The third-order valence-electron chi connectivity index (χ3n) is 4.49. The lowest BCUT2D eigenvalue weighted by Gasteiger charge is -2.28. The van der Waals surface area contributed by atoms with Crippen LogP contribution in [0.15, 0.2) is 0 Å². The smallest absolute Gasteiger partial charge is 0.321 e. The number of aryl methyl sites for hydroxylation is 1. The van der Waals surface area contributed by atoms with Gasteiger partial charge in [0.25, 0.3) is 0 Å². The molecule has 0 aliphatic heterocycles. The van der Waals surface area contributed by atoms with Crippen molar-refractivity contribution in [1.29, 1.82) is 0 Å². The Morgan fingerprint density at radius 1 is 1.33 bits per heavy atom. The third-order valence-corrected chi connectivity index (χ3v) is 5.47. The molecule has 2 fully saturated rings. The molecule has 114 valence electrons. The van der Waals surface area contributed by atoms with E-state index < -0.39 is 17.9 Å². The molecule has 0 aromatic carbocycles. The minimum absolute atomic E-state index is 0.200. The number of carbonyl (C=O) groups is 2. The molecule has 0 spiro atoms. The van der Waals surface area contributed by atoms with E-state index in [0.717, 1.165) is 30.7 Å². The second-order valence-electron chi connectivity index (χ2n) is 5.68. The summed E-state index contributed by atoms with van der Waals surface area (Å²) in [4.78, 5) is 23.4. The number of carboxylic acid groups (broad SMARTS) is 1. The highest BCUT2D eigenvalue weighted by atomic mass is 32.1. The van der Waals surface area contributed by atoms with E-state index in [2.05, 4.69) is 20.8 Å². The van der Waals surface area contributed by atoms with Gasteiger partial charge in [0, 0.05) is 6.04 Å². The maximum absolute atomic E-state index is 12.0. The van der Waals surface area contributed by atoms with E-state index in [0.29, 0.717) is 5.13 Å². The number of fused-ring (bicyclic) bond motifs is 2. The van der Waals surface area contributed by atoms with Crippen LogP contribution < -0.4 is 10.6 Å². The lowest BCUT2D eigenvalue weighted by Crippen LogP contribution is -2.48. The van der Waals surface area contributed by atoms with Crippen LogP contribution >= 0.6 is 11.3 Å². The molecule has 2 aliphatic carbocycles. The van der Waals surface area contributed by atoms with Crippen molar-refractivity contribution in [3.63, 3.8) is 0 Å². The van der Waals surface area contributed by atoms with Gasteiger partial charge < -0.3 is 10.4 Å². The van der Waals surface area contributed by atoms with Crippen molar-refractivity contribution in [2.75, 3.05) is 5.32 Å². The molecule has 2 bridgehead atoms. The molecule has 3 N–H and O–H groups in total. The van der Waals surface area contributed by atoms with Gasteiger partial charge in [-0.3, -0.25) is 10.1 Å². The largest absolute Gasteiger partial charge is 0.481 e. The lowest BCUT2D eigenvalue weighted by atomic mass is 9.84. The van der Waals surface area contributed by atoms with Crippen molar-refractivity contribution in [3.05, 3.63) is 5.01 Å². The fourth-order valence-corrected chi connectivity index (χ4v) is 4.26. The predicted molar refractivity (Wildman–Crippen MR) is 77.2 cm³/mol. The summed E-state index contributed by atoms with van der Waals surface area (Å²) in [6.07, 6.45) is 3.63. The topological polar surface area (TPSA) is 104 Å². The van der Waals surface area contributed by atoms with E-state index in [1.807, 2.05) is 6.92 Å². The Morgan fingerprint density at radius 3 is 2.76 bits per heavy atom. The molecule has 1 aromatic heterocycles. The minimum Gasteiger partial charge on any atom is -0.481 e. The third kappa shape index (κ3) is 2.72. The Bertz CT molecular complexity index is 561. The number of carbonyl (C=O) groups excluding carboxylic acids is 1. The van der Waals surface area contributed by atoms with Crippen LogP contribution in [0.25, 0.3) is 0 Å².